The molecular weight excluding hydrogens is 262 g/mol. The first-order valence-corrected chi connectivity index (χ1v) is 8.09. The molecule has 3 rings (SSSR count). The standard InChI is InChI=1S/C18H21NS/c1-11(2)13-6-8-17-16(9-13)19-15-7-5-14(12(3)4)10-18(15)20-17/h5-12,19H,1-4H3. The Balaban J connectivity index is 1.97. The molecule has 1 aliphatic heterocycles. The average Bonchev–Trinajstić information content (AvgIpc) is 2.43. The molecular formula is C18H21NS. The minimum Gasteiger partial charge on any atom is -0.354 e. The van der Waals surface area contributed by atoms with Crippen LogP contribution in [0.25, 0.3) is 0 Å². The average molecular weight is 283 g/mol. The molecule has 1 aliphatic rings. The number of fused-ring (bicyclic) bond motifs is 2. The van der Waals surface area contributed by atoms with Crippen LogP contribution in [0.15, 0.2) is 46.2 Å². The van der Waals surface area contributed by atoms with E-state index in [1.54, 1.807) is 0 Å². The van der Waals surface area contributed by atoms with Crippen LogP contribution in [0, 0.1) is 0 Å². The van der Waals surface area contributed by atoms with E-state index in [2.05, 4.69) is 69.4 Å². The third kappa shape index (κ3) is 2.45. The zero-order valence-electron chi connectivity index (χ0n) is 12.5. The molecule has 0 aliphatic carbocycles. The fraction of sp³-hybridized carbons (Fsp3) is 0.333. The molecule has 0 saturated carbocycles. The lowest BCUT2D eigenvalue weighted by atomic mass is 10.0. The van der Waals surface area contributed by atoms with Gasteiger partial charge >= 0.3 is 0 Å². The summed E-state index contributed by atoms with van der Waals surface area (Å²) in [6.45, 7) is 8.96. The van der Waals surface area contributed by atoms with Crippen LogP contribution in [-0.2, 0) is 0 Å². The summed E-state index contributed by atoms with van der Waals surface area (Å²) in [6.07, 6.45) is 0. The Morgan fingerprint density at radius 3 is 2.10 bits per heavy atom. The third-order valence-electron chi connectivity index (χ3n) is 3.83. The van der Waals surface area contributed by atoms with E-state index in [4.69, 9.17) is 0 Å². The van der Waals surface area contributed by atoms with E-state index >= 15 is 0 Å². The number of anilines is 2. The van der Waals surface area contributed by atoms with E-state index in [0.717, 1.165) is 0 Å². The van der Waals surface area contributed by atoms with Crippen molar-refractivity contribution in [1.82, 2.24) is 0 Å². The summed E-state index contributed by atoms with van der Waals surface area (Å²) in [5.41, 5.74) is 5.26. The molecule has 0 bridgehead atoms. The Kier molecular flexibility index (Phi) is 3.51. The van der Waals surface area contributed by atoms with Gasteiger partial charge in [-0.15, -0.1) is 0 Å². The van der Waals surface area contributed by atoms with Gasteiger partial charge in [-0.1, -0.05) is 51.6 Å². The third-order valence-corrected chi connectivity index (χ3v) is 4.97. The predicted octanol–water partition coefficient (Wildman–Crippen LogP) is 6.14. The highest BCUT2D eigenvalue weighted by molar-refractivity contribution is 7.99. The van der Waals surface area contributed by atoms with E-state index < -0.39 is 0 Å². The van der Waals surface area contributed by atoms with Gasteiger partial charge in [-0.2, -0.15) is 0 Å². The van der Waals surface area contributed by atoms with Gasteiger partial charge in [0.15, 0.2) is 0 Å². The first-order chi connectivity index (χ1) is 9.54. The monoisotopic (exact) mass is 283 g/mol. The summed E-state index contributed by atoms with van der Waals surface area (Å²) >= 11 is 1.87. The maximum Gasteiger partial charge on any atom is 0.0529 e. The molecule has 0 atom stereocenters. The number of rotatable bonds is 2. The molecule has 1 nitrogen and oxygen atoms in total. The Bertz CT molecular complexity index is 586. The van der Waals surface area contributed by atoms with Crippen molar-refractivity contribution in [2.24, 2.45) is 0 Å². The fourth-order valence-corrected chi connectivity index (χ4v) is 3.46. The van der Waals surface area contributed by atoms with Crippen LogP contribution in [0.2, 0.25) is 0 Å². The molecule has 1 N–H and O–H groups in total. The second kappa shape index (κ2) is 5.17. The molecule has 0 aromatic heterocycles. The van der Waals surface area contributed by atoms with E-state index in [1.807, 2.05) is 11.8 Å². The quantitative estimate of drug-likeness (QED) is 0.606. The van der Waals surface area contributed by atoms with Crippen molar-refractivity contribution in [2.75, 3.05) is 5.32 Å². The van der Waals surface area contributed by atoms with Gasteiger partial charge in [-0.3, -0.25) is 0 Å². The normalized spacial score (nSPS) is 13.1. The van der Waals surface area contributed by atoms with Gasteiger partial charge in [0.05, 0.1) is 11.4 Å². The van der Waals surface area contributed by atoms with Gasteiger partial charge in [-0.05, 0) is 47.2 Å². The van der Waals surface area contributed by atoms with Crippen molar-refractivity contribution in [1.29, 1.82) is 0 Å². The summed E-state index contributed by atoms with van der Waals surface area (Å²) in [5.74, 6) is 1.14. The largest absolute Gasteiger partial charge is 0.354 e. The van der Waals surface area contributed by atoms with Crippen LogP contribution in [-0.4, -0.2) is 0 Å². The first kappa shape index (κ1) is 13.6. The molecule has 2 aromatic carbocycles. The summed E-state index contributed by atoms with van der Waals surface area (Å²) in [7, 11) is 0. The smallest absolute Gasteiger partial charge is 0.0529 e. The second-order valence-corrected chi connectivity index (χ2v) is 7.13. The predicted molar refractivity (Wildman–Crippen MR) is 88.5 cm³/mol. The lowest BCUT2D eigenvalue weighted by Crippen LogP contribution is -2.02. The molecule has 0 saturated heterocycles. The van der Waals surface area contributed by atoms with Crippen LogP contribution in [0.4, 0.5) is 11.4 Å². The fourth-order valence-electron chi connectivity index (χ4n) is 2.44. The molecule has 1 heterocycles. The number of nitrogens with one attached hydrogen (secondary N) is 1. The maximum atomic E-state index is 3.58. The van der Waals surface area contributed by atoms with Crippen molar-refractivity contribution in [3.05, 3.63) is 47.5 Å². The van der Waals surface area contributed by atoms with E-state index in [1.165, 1.54) is 32.3 Å². The van der Waals surface area contributed by atoms with Gasteiger partial charge in [0.25, 0.3) is 0 Å². The van der Waals surface area contributed by atoms with Gasteiger partial charge in [-0.25, -0.2) is 0 Å². The lowest BCUT2D eigenvalue weighted by Gasteiger charge is -2.23. The van der Waals surface area contributed by atoms with E-state index in [0.29, 0.717) is 11.8 Å². The number of hydrogen-bond donors (Lipinski definition) is 1. The zero-order valence-corrected chi connectivity index (χ0v) is 13.3. The van der Waals surface area contributed by atoms with Gasteiger partial charge in [0.1, 0.15) is 0 Å². The lowest BCUT2D eigenvalue weighted by molar-refractivity contribution is 0.861. The first-order valence-electron chi connectivity index (χ1n) is 7.27. The van der Waals surface area contributed by atoms with Crippen LogP contribution in [0.3, 0.4) is 0 Å². The maximum absolute atomic E-state index is 3.58. The van der Waals surface area contributed by atoms with Crippen molar-refractivity contribution in [2.45, 2.75) is 49.3 Å². The van der Waals surface area contributed by atoms with Gasteiger partial charge < -0.3 is 5.32 Å². The molecule has 0 spiro atoms. The summed E-state index contributed by atoms with van der Waals surface area (Å²) in [6, 6.07) is 13.5. The highest BCUT2D eigenvalue weighted by atomic mass is 32.2. The second-order valence-electron chi connectivity index (χ2n) is 6.05. The Morgan fingerprint density at radius 2 is 1.40 bits per heavy atom. The topological polar surface area (TPSA) is 12.0 Å². The van der Waals surface area contributed by atoms with Crippen LogP contribution >= 0.6 is 11.8 Å². The molecule has 0 unspecified atom stereocenters. The number of benzene rings is 2. The van der Waals surface area contributed by atoms with Gasteiger partial charge in [0, 0.05) is 9.79 Å². The highest BCUT2D eigenvalue weighted by Gasteiger charge is 2.17. The SMILES string of the molecule is CC(C)c1ccc2c(c1)Nc1ccc(C(C)C)cc1S2. The number of hydrogen-bond acceptors (Lipinski definition) is 2. The minimum atomic E-state index is 0.566. The van der Waals surface area contributed by atoms with Crippen molar-refractivity contribution in [3.63, 3.8) is 0 Å². The van der Waals surface area contributed by atoms with Crippen molar-refractivity contribution >= 4 is 23.1 Å². The van der Waals surface area contributed by atoms with E-state index in [-0.39, 0.29) is 0 Å². The Labute approximate surface area is 125 Å². The molecule has 2 heteroatoms. The molecule has 0 radical (unpaired) electrons. The highest BCUT2D eigenvalue weighted by Crippen LogP contribution is 2.45. The molecule has 0 fully saturated rings. The molecule has 20 heavy (non-hydrogen) atoms. The Hall–Kier alpha value is -1.41. The minimum absolute atomic E-state index is 0.566. The van der Waals surface area contributed by atoms with Crippen LogP contribution in [0.5, 0.6) is 0 Å². The van der Waals surface area contributed by atoms with E-state index in [9.17, 15) is 0 Å². The van der Waals surface area contributed by atoms with Crippen molar-refractivity contribution < 1.29 is 0 Å². The van der Waals surface area contributed by atoms with Crippen LogP contribution in [0.1, 0.15) is 50.7 Å². The molecule has 104 valence electrons. The summed E-state index contributed by atoms with van der Waals surface area (Å²) < 4.78 is 0. The van der Waals surface area contributed by atoms with Crippen molar-refractivity contribution in [3.8, 4) is 0 Å². The van der Waals surface area contributed by atoms with Gasteiger partial charge in [0.2, 0.25) is 0 Å². The summed E-state index contributed by atoms with van der Waals surface area (Å²) in [4.78, 5) is 2.66. The van der Waals surface area contributed by atoms with Crippen LogP contribution < -0.4 is 5.32 Å². The zero-order chi connectivity index (χ0) is 14.3. The Morgan fingerprint density at radius 1 is 0.750 bits per heavy atom. The summed E-state index contributed by atoms with van der Waals surface area (Å²) in [5, 5.41) is 3.58. The molecule has 2 aromatic rings. The molecule has 0 amide bonds.